The van der Waals surface area contributed by atoms with E-state index >= 15 is 0 Å². The largest absolute Gasteiger partial charge is 0.497 e. The van der Waals surface area contributed by atoms with Gasteiger partial charge in [0, 0.05) is 18.1 Å². The van der Waals surface area contributed by atoms with E-state index in [0.717, 1.165) is 18.5 Å². The molecule has 2 amide bonds. The molecule has 1 aliphatic carbocycles. The highest BCUT2D eigenvalue weighted by Gasteiger charge is 2.29. The number of carbonyl (C=O) groups excluding carboxylic acids is 2. The number of aromatic nitrogens is 2. The molecule has 30 heavy (non-hydrogen) atoms. The van der Waals surface area contributed by atoms with Crippen LogP contribution in [0.25, 0.3) is 0 Å². The number of methoxy groups -OCH3 is 1. The Morgan fingerprint density at radius 2 is 2.03 bits per heavy atom. The van der Waals surface area contributed by atoms with Gasteiger partial charge in [-0.3, -0.25) is 9.59 Å². The van der Waals surface area contributed by atoms with Crippen LogP contribution in [0.3, 0.4) is 0 Å². The van der Waals surface area contributed by atoms with E-state index in [1.807, 2.05) is 0 Å². The number of hydrogen-bond acceptors (Lipinski definition) is 6. The van der Waals surface area contributed by atoms with E-state index in [2.05, 4.69) is 27.0 Å². The first-order valence-electron chi connectivity index (χ1n) is 9.49. The van der Waals surface area contributed by atoms with Crippen LogP contribution in [0.1, 0.15) is 31.4 Å². The van der Waals surface area contributed by atoms with Crippen molar-refractivity contribution in [2.75, 3.05) is 19.0 Å². The first-order valence-corrected chi connectivity index (χ1v) is 9.49. The van der Waals surface area contributed by atoms with Gasteiger partial charge in [0.1, 0.15) is 17.3 Å². The van der Waals surface area contributed by atoms with E-state index in [-0.39, 0.29) is 24.0 Å². The predicted octanol–water partition coefficient (Wildman–Crippen LogP) is 2.55. The van der Waals surface area contributed by atoms with Gasteiger partial charge in [-0.15, -0.1) is 0 Å². The molecule has 0 atom stereocenters. The van der Waals surface area contributed by atoms with Gasteiger partial charge in [-0.25, -0.2) is 4.99 Å². The van der Waals surface area contributed by atoms with E-state index in [1.165, 1.54) is 4.68 Å². The predicted molar refractivity (Wildman–Crippen MR) is 111 cm³/mol. The minimum absolute atomic E-state index is 0.0980. The number of anilines is 1. The second kappa shape index (κ2) is 7.94. The highest BCUT2D eigenvalue weighted by molar-refractivity contribution is 6.27. The highest BCUT2D eigenvalue weighted by Crippen LogP contribution is 2.40. The normalized spacial score (nSPS) is 16.1. The van der Waals surface area contributed by atoms with E-state index < -0.39 is 5.91 Å². The third kappa shape index (κ3) is 4.14. The summed E-state index contributed by atoms with van der Waals surface area (Å²) in [4.78, 5) is 32.8. The number of rotatable bonds is 6. The molecule has 2 aliphatic rings. The maximum absolute atomic E-state index is 12.5. The minimum atomic E-state index is -0.473. The van der Waals surface area contributed by atoms with Crippen LogP contribution in [0.2, 0.25) is 0 Å². The Hall–Kier alpha value is -3.75. The van der Waals surface area contributed by atoms with Crippen LogP contribution in [0.5, 0.6) is 11.5 Å². The molecule has 2 heterocycles. The summed E-state index contributed by atoms with van der Waals surface area (Å²) >= 11 is 0. The van der Waals surface area contributed by atoms with Gasteiger partial charge in [0.2, 0.25) is 0 Å². The van der Waals surface area contributed by atoms with Gasteiger partial charge in [0.25, 0.3) is 17.8 Å². The Morgan fingerprint density at radius 1 is 1.27 bits per heavy atom. The third-order valence-electron chi connectivity index (χ3n) is 4.76. The molecular weight excluding hydrogens is 386 g/mol. The van der Waals surface area contributed by atoms with Crippen LogP contribution in [-0.2, 0) is 9.59 Å². The molecule has 0 spiro atoms. The lowest BCUT2D eigenvalue weighted by Gasteiger charge is -2.13. The standard InChI is InChI=1S/C21H21N5O4/c1-12-13(2)22-21(24-20(12)28)26-18(10-17(25-26)14-7-8-14)23-19(27)11-30-16-6-4-5-15(9-16)29-3/h4-6,9-10,14H,1,7-8,11H2,2-3H3,(H,23,27). The van der Waals surface area contributed by atoms with E-state index in [4.69, 9.17) is 9.47 Å². The van der Waals surface area contributed by atoms with Crippen LogP contribution >= 0.6 is 0 Å². The van der Waals surface area contributed by atoms with Gasteiger partial charge >= 0.3 is 0 Å². The van der Waals surface area contributed by atoms with Crippen LogP contribution < -0.4 is 14.8 Å². The van der Waals surface area contributed by atoms with Crippen LogP contribution in [0.4, 0.5) is 5.82 Å². The molecule has 0 saturated heterocycles. The molecule has 1 aromatic carbocycles. The molecule has 1 saturated carbocycles. The van der Waals surface area contributed by atoms with E-state index in [0.29, 0.717) is 28.9 Å². The molecule has 9 heteroatoms. The molecule has 0 radical (unpaired) electrons. The summed E-state index contributed by atoms with van der Waals surface area (Å²) in [6.45, 7) is 5.15. The van der Waals surface area contributed by atoms with Crippen molar-refractivity contribution in [2.24, 2.45) is 9.98 Å². The van der Waals surface area contributed by atoms with Gasteiger partial charge in [-0.05, 0) is 31.9 Å². The van der Waals surface area contributed by atoms with Gasteiger partial charge < -0.3 is 14.8 Å². The Bertz CT molecular complexity index is 1090. The fourth-order valence-electron chi connectivity index (χ4n) is 2.89. The molecule has 1 aliphatic heterocycles. The molecule has 9 nitrogen and oxygen atoms in total. The van der Waals surface area contributed by atoms with Crippen LogP contribution in [0.15, 0.2) is 52.5 Å². The van der Waals surface area contributed by atoms with Crippen molar-refractivity contribution >= 4 is 29.3 Å². The van der Waals surface area contributed by atoms with Crippen LogP contribution in [0, 0.1) is 0 Å². The average molecular weight is 407 g/mol. The number of hydrogen-bond donors (Lipinski definition) is 1. The lowest BCUT2D eigenvalue weighted by atomic mass is 10.2. The number of aliphatic imine (C=N–C) groups is 2. The average Bonchev–Trinajstić information content (AvgIpc) is 3.51. The van der Waals surface area contributed by atoms with E-state index in [1.54, 1.807) is 44.4 Å². The first kappa shape index (κ1) is 19.6. The zero-order chi connectivity index (χ0) is 21.3. The summed E-state index contributed by atoms with van der Waals surface area (Å²) in [7, 11) is 1.56. The zero-order valence-electron chi connectivity index (χ0n) is 16.7. The monoisotopic (exact) mass is 407 g/mol. The zero-order valence-corrected chi connectivity index (χ0v) is 16.7. The Morgan fingerprint density at radius 3 is 2.73 bits per heavy atom. The second-order valence-corrected chi connectivity index (χ2v) is 7.05. The quantitative estimate of drug-likeness (QED) is 0.741. The fraction of sp³-hybridized carbons (Fsp3) is 0.286. The van der Waals surface area contributed by atoms with Crippen molar-refractivity contribution in [2.45, 2.75) is 25.7 Å². The van der Waals surface area contributed by atoms with E-state index in [9.17, 15) is 9.59 Å². The van der Waals surface area contributed by atoms with Gasteiger partial charge in [0.05, 0.1) is 24.1 Å². The number of carbonyl (C=O) groups is 2. The van der Waals surface area contributed by atoms with Crippen molar-refractivity contribution in [3.05, 3.63) is 48.2 Å². The lowest BCUT2D eigenvalue weighted by molar-refractivity contribution is -0.118. The number of amides is 2. The number of nitrogens with one attached hydrogen (secondary N) is 1. The molecule has 0 unspecified atom stereocenters. The van der Waals surface area contributed by atoms with Crippen molar-refractivity contribution in [3.8, 4) is 11.5 Å². The molecule has 1 aromatic heterocycles. The summed E-state index contributed by atoms with van der Waals surface area (Å²) in [5.41, 5.74) is 1.53. The Labute approximate surface area is 173 Å². The van der Waals surface area contributed by atoms with Crippen molar-refractivity contribution in [3.63, 3.8) is 0 Å². The van der Waals surface area contributed by atoms with Gasteiger partial charge in [0.15, 0.2) is 6.61 Å². The summed E-state index contributed by atoms with van der Waals surface area (Å²) in [6.07, 6.45) is 2.07. The minimum Gasteiger partial charge on any atom is -0.497 e. The maximum Gasteiger partial charge on any atom is 0.281 e. The smallest absolute Gasteiger partial charge is 0.281 e. The number of nitrogens with zero attached hydrogens (tertiary/aromatic N) is 4. The number of ether oxygens (including phenoxy) is 2. The van der Waals surface area contributed by atoms with Gasteiger partial charge in [-0.2, -0.15) is 14.8 Å². The summed E-state index contributed by atoms with van der Waals surface area (Å²) in [5, 5.41) is 7.28. The van der Waals surface area contributed by atoms with Crippen LogP contribution in [-0.4, -0.2) is 47.0 Å². The molecule has 1 N–H and O–H groups in total. The summed E-state index contributed by atoms with van der Waals surface area (Å²) in [5.74, 6) is 1.11. The SMILES string of the molecule is C=C1C(=O)N=C(n2nc(C3CC3)cc2NC(=O)COc2cccc(OC)c2)N=C1C. The lowest BCUT2D eigenvalue weighted by Crippen LogP contribution is -2.27. The second-order valence-electron chi connectivity index (χ2n) is 7.05. The highest BCUT2D eigenvalue weighted by atomic mass is 16.5. The molecular formula is C21H21N5O4. The molecule has 154 valence electrons. The topological polar surface area (TPSA) is 107 Å². The molecule has 2 aromatic rings. The maximum atomic E-state index is 12.5. The van der Waals surface area contributed by atoms with Gasteiger partial charge in [-0.1, -0.05) is 12.6 Å². The first-order chi connectivity index (χ1) is 14.4. The van der Waals surface area contributed by atoms with Crippen molar-refractivity contribution < 1.29 is 19.1 Å². The van der Waals surface area contributed by atoms with Crippen molar-refractivity contribution in [1.82, 2.24) is 9.78 Å². The fourth-order valence-corrected chi connectivity index (χ4v) is 2.89. The molecule has 4 rings (SSSR count). The molecule has 1 fully saturated rings. The Balaban J connectivity index is 1.52. The summed E-state index contributed by atoms with van der Waals surface area (Å²) in [6, 6.07) is 8.76. The Kier molecular flexibility index (Phi) is 5.18. The number of benzene rings is 1. The molecule has 0 bridgehead atoms. The van der Waals surface area contributed by atoms with Crippen molar-refractivity contribution in [1.29, 1.82) is 0 Å². The summed E-state index contributed by atoms with van der Waals surface area (Å²) < 4.78 is 12.1. The third-order valence-corrected chi connectivity index (χ3v) is 4.76.